The predicted octanol–water partition coefficient (Wildman–Crippen LogP) is 4.48. The molecule has 0 aromatic heterocycles. The van der Waals surface area contributed by atoms with E-state index in [1.165, 1.54) is 0 Å². The zero-order valence-electron chi connectivity index (χ0n) is 13.6. The second-order valence-corrected chi connectivity index (χ2v) is 6.72. The fraction of sp³-hybridized carbons (Fsp3) is 0.316. The molecular formula is C19H19Cl2NO3. The number of amides is 1. The van der Waals surface area contributed by atoms with E-state index in [4.69, 9.17) is 32.7 Å². The first-order valence-corrected chi connectivity index (χ1v) is 8.94. The highest BCUT2D eigenvalue weighted by molar-refractivity contribution is 6.42. The van der Waals surface area contributed by atoms with Crippen molar-refractivity contribution < 1.29 is 14.3 Å². The third-order valence-electron chi connectivity index (χ3n) is 4.00. The van der Waals surface area contributed by atoms with E-state index in [9.17, 15) is 4.79 Å². The minimum atomic E-state index is -0.129. The van der Waals surface area contributed by atoms with Gasteiger partial charge in [0.15, 0.2) is 0 Å². The number of carbonyl (C=O) groups excluding carboxylic acids is 1. The highest BCUT2D eigenvalue weighted by Gasteiger charge is 2.16. The molecular weight excluding hydrogens is 361 g/mol. The molecule has 1 N–H and O–H groups in total. The van der Waals surface area contributed by atoms with Crippen LogP contribution >= 0.6 is 23.2 Å². The van der Waals surface area contributed by atoms with Gasteiger partial charge in [0.1, 0.15) is 12.4 Å². The van der Waals surface area contributed by atoms with Crippen molar-refractivity contribution in [1.82, 2.24) is 5.32 Å². The van der Waals surface area contributed by atoms with Crippen LogP contribution in [0, 0.1) is 0 Å². The summed E-state index contributed by atoms with van der Waals surface area (Å²) >= 11 is 11.9. The highest BCUT2D eigenvalue weighted by Crippen LogP contribution is 2.23. The molecule has 1 amide bonds. The Morgan fingerprint density at radius 3 is 2.84 bits per heavy atom. The van der Waals surface area contributed by atoms with Crippen LogP contribution in [-0.2, 0) is 11.3 Å². The number of rotatable bonds is 6. The lowest BCUT2D eigenvalue weighted by molar-refractivity contribution is 0.0857. The molecule has 0 aliphatic carbocycles. The van der Waals surface area contributed by atoms with Gasteiger partial charge in [0.25, 0.3) is 5.91 Å². The zero-order chi connectivity index (χ0) is 17.6. The third kappa shape index (κ3) is 5.11. The summed E-state index contributed by atoms with van der Waals surface area (Å²) in [6.07, 6.45) is 2.17. The number of halogens is 2. The maximum absolute atomic E-state index is 12.3. The molecule has 0 saturated carbocycles. The van der Waals surface area contributed by atoms with E-state index in [-0.39, 0.29) is 12.0 Å². The van der Waals surface area contributed by atoms with Crippen LogP contribution in [0.1, 0.15) is 28.8 Å². The summed E-state index contributed by atoms with van der Waals surface area (Å²) in [5.41, 5.74) is 1.47. The van der Waals surface area contributed by atoms with Gasteiger partial charge in [-0.15, -0.1) is 0 Å². The number of carbonyl (C=O) groups is 1. The van der Waals surface area contributed by atoms with Crippen LogP contribution in [0.15, 0.2) is 42.5 Å². The monoisotopic (exact) mass is 379 g/mol. The Kier molecular flexibility index (Phi) is 6.19. The molecule has 1 fully saturated rings. The van der Waals surface area contributed by atoms with Gasteiger partial charge in [-0.25, -0.2) is 0 Å². The second kappa shape index (κ2) is 8.56. The second-order valence-electron chi connectivity index (χ2n) is 5.91. The maximum atomic E-state index is 12.3. The summed E-state index contributed by atoms with van der Waals surface area (Å²) in [7, 11) is 0. The van der Waals surface area contributed by atoms with Crippen molar-refractivity contribution in [3.63, 3.8) is 0 Å². The lowest BCUT2D eigenvalue weighted by atomic mass is 10.2. The van der Waals surface area contributed by atoms with E-state index in [1.54, 1.807) is 30.3 Å². The first-order valence-electron chi connectivity index (χ1n) is 8.18. The Hall–Kier alpha value is -1.75. The summed E-state index contributed by atoms with van der Waals surface area (Å²) in [6, 6.07) is 12.4. The quantitative estimate of drug-likeness (QED) is 0.804. The largest absolute Gasteiger partial charge is 0.489 e. The zero-order valence-corrected chi connectivity index (χ0v) is 15.1. The molecule has 1 aliphatic rings. The summed E-state index contributed by atoms with van der Waals surface area (Å²) in [5.74, 6) is 0.492. The SMILES string of the molecule is O=C(NC[C@@H]1CCCO1)c1cccc(OCc2ccc(Cl)c(Cl)c2)c1. The smallest absolute Gasteiger partial charge is 0.251 e. The number of benzene rings is 2. The first-order chi connectivity index (χ1) is 12.1. The van der Waals surface area contributed by atoms with Crippen molar-refractivity contribution in [2.45, 2.75) is 25.6 Å². The van der Waals surface area contributed by atoms with Gasteiger partial charge in [-0.1, -0.05) is 35.3 Å². The molecule has 6 heteroatoms. The Bertz CT molecular complexity index is 745. The van der Waals surface area contributed by atoms with Gasteiger partial charge in [0.05, 0.1) is 16.1 Å². The average Bonchev–Trinajstić information content (AvgIpc) is 3.14. The minimum absolute atomic E-state index is 0.123. The van der Waals surface area contributed by atoms with Gasteiger partial charge in [-0.3, -0.25) is 4.79 Å². The molecule has 0 unspecified atom stereocenters. The van der Waals surface area contributed by atoms with Crippen LogP contribution in [0.2, 0.25) is 10.0 Å². The number of hydrogen-bond donors (Lipinski definition) is 1. The third-order valence-corrected chi connectivity index (χ3v) is 4.74. The summed E-state index contributed by atoms with van der Waals surface area (Å²) in [5, 5.41) is 3.90. The number of nitrogens with one attached hydrogen (secondary N) is 1. The maximum Gasteiger partial charge on any atom is 0.251 e. The molecule has 25 heavy (non-hydrogen) atoms. The lowest BCUT2D eigenvalue weighted by Crippen LogP contribution is -2.31. The van der Waals surface area contributed by atoms with Gasteiger partial charge in [0, 0.05) is 18.7 Å². The van der Waals surface area contributed by atoms with Gasteiger partial charge < -0.3 is 14.8 Å². The van der Waals surface area contributed by atoms with Crippen molar-refractivity contribution in [3.8, 4) is 5.75 Å². The fourth-order valence-electron chi connectivity index (χ4n) is 2.64. The van der Waals surface area contributed by atoms with Crippen molar-refractivity contribution in [3.05, 3.63) is 63.6 Å². The van der Waals surface area contributed by atoms with E-state index in [1.807, 2.05) is 12.1 Å². The van der Waals surface area contributed by atoms with E-state index >= 15 is 0 Å². The van der Waals surface area contributed by atoms with Crippen molar-refractivity contribution in [2.75, 3.05) is 13.2 Å². The van der Waals surface area contributed by atoms with Crippen LogP contribution in [0.4, 0.5) is 0 Å². The van der Waals surface area contributed by atoms with Crippen LogP contribution in [0.5, 0.6) is 5.75 Å². The van der Waals surface area contributed by atoms with E-state index in [0.717, 1.165) is 25.0 Å². The molecule has 1 heterocycles. The molecule has 1 saturated heterocycles. The predicted molar refractivity (Wildman–Crippen MR) is 98.5 cm³/mol. The van der Waals surface area contributed by atoms with Gasteiger partial charge in [-0.2, -0.15) is 0 Å². The normalized spacial score (nSPS) is 16.6. The minimum Gasteiger partial charge on any atom is -0.489 e. The van der Waals surface area contributed by atoms with Crippen LogP contribution < -0.4 is 10.1 Å². The van der Waals surface area contributed by atoms with Gasteiger partial charge in [0.2, 0.25) is 0 Å². The molecule has 3 rings (SSSR count). The van der Waals surface area contributed by atoms with E-state index in [0.29, 0.717) is 34.5 Å². The lowest BCUT2D eigenvalue weighted by Gasteiger charge is -2.12. The summed E-state index contributed by atoms with van der Waals surface area (Å²) < 4.78 is 11.3. The van der Waals surface area contributed by atoms with Crippen LogP contribution in [0.25, 0.3) is 0 Å². The Morgan fingerprint density at radius 2 is 2.08 bits per heavy atom. The topological polar surface area (TPSA) is 47.6 Å². The standard InChI is InChI=1S/C19H19Cl2NO3/c20-17-7-6-13(9-18(17)21)12-25-15-4-1-3-14(10-15)19(23)22-11-16-5-2-8-24-16/h1,3-4,6-7,9-10,16H,2,5,8,11-12H2,(H,22,23)/t16-/m0/s1. The number of ether oxygens (including phenoxy) is 2. The van der Waals surface area contributed by atoms with E-state index in [2.05, 4.69) is 5.32 Å². The Morgan fingerprint density at radius 1 is 1.20 bits per heavy atom. The Labute approximate surface area is 157 Å². The average molecular weight is 380 g/mol. The summed E-state index contributed by atoms with van der Waals surface area (Å²) in [6.45, 7) is 1.66. The fourth-order valence-corrected chi connectivity index (χ4v) is 2.96. The van der Waals surface area contributed by atoms with Crippen LogP contribution in [0.3, 0.4) is 0 Å². The molecule has 132 valence electrons. The first kappa shape index (κ1) is 18.1. The van der Waals surface area contributed by atoms with Crippen LogP contribution in [-0.4, -0.2) is 25.2 Å². The Balaban J connectivity index is 1.56. The molecule has 4 nitrogen and oxygen atoms in total. The molecule has 2 aromatic rings. The molecule has 0 spiro atoms. The molecule has 0 bridgehead atoms. The van der Waals surface area contributed by atoms with E-state index < -0.39 is 0 Å². The van der Waals surface area contributed by atoms with Crippen molar-refractivity contribution in [1.29, 1.82) is 0 Å². The molecule has 0 radical (unpaired) electrons. The molecule has 1 aliphatic heterocycles. The van der Waals surface area contributed by atoms with Gasteiger partial charge in [-0.05, 0) is 48.7 Å². The van der Waals surface area contributed by atoms with Crippen molar-refractivity contribution >= 4 is 29.1 Å². The highest BCUT2D eigenvalue weighted by atomic mass is 35.5. The molecule has 2 aromatic carbocycles. The van der Waals surface area contributed by atoms with Crippen molar-refractivity contribution in [2.24, 2.45) is 0 Å². The summed E-state index contributed by atoms with van der Waals surface area (Å²) in [4.78, 5) is 12.3. The molecule has 1 atom stereocenters. The number of hydrogen-bond acceptors (Lipinski definition) is 3. The van der Waals surface area contributed by atoms with Gasteiger partial charge >= 0.3 is 0 Å².